The molecule has 0 fully saturated rings. The Morgan fingerprint density at radius 2 is 1.82 bits per heavy atom. The Balaban J connectivity index is 2.11. The number of rotatable bonds is 3. The molecule has 6 heteroatoms. The Hall–Kier alpha value is -2.11. The maximum atomic E-state index is 11.7. The number of benzene rings is 2. The van der Waals surface area contributed by atoms with Gasteiger partial charge in [0.05, 0.1) is 12.7 Å². The maximum Gasteiger partial charge on any atom is 0.338 e. The molecule has 0 spiro atoms. The van der Waals surface area contributed by atoms with E-state index in [1.165, 1.54) is 7.11 Å². The standard InChI is InChI=1S/C16H15ClN2O2S/c1-10-13(15(20)21-2)4-3-5-14(10)19-16(22)18-12-8-6-11(17)7-9-12/h3-9H,1-2H3,(H2,18,19,22). The number of nitrogens with one attached hydrogen (secondary N) is 2. The van der Waals surface area contributed by atoms with Crippen LogP contribution in [0.3, 0.4) is 0 Å². The first-order valence-electron chi connectivity index (χ1n) is 6.52. The van der Waals surface area contributed by atoms with E-state index in [4.69, 9.17) is 28.6 Å². The van der Waals surface area contributed by atoms with Gasteiger partial charge in [0.2, 0.25) is 0 Å². The van der Waals surface area contributed by atoms with Crippen molar-refractivity contribution < 1.29 is 9.53 Å². The lowest BCUT2D eigenvalue weighted by Gasteiger charge is -2.14. The largest absolute Gasteiger partial charge is 0.465 e. The van der Waals surface area contributed by atoms with Crippen LogP contribution >= 0.6 is 23.8 Å². The van der Waals surface area contributed by atoms with Gasteiger partial charge in [-0.25, -0.2) is 4.79 Å². The number of thiocarbonyl (C=S) groups is 1. The fourth-order valence-corrected chi connectivity index (χ4v) is 2.27. The molecule has 114 valence electrons. The first kappa shape index (κ1) is 16.3. The van der Waals surface area contributed by atoms with Gasteiger partial charge in [-0.2, -0.15) is 0 Å². The number of hydrogen-bond donors (Lipinski definition) is 2. The van der Waals surface area contributed by atoms with Crippen LogP contribution in [0, 0.1) is 6.92 Å². The second kappa shape index (κ2) is 7.24. The van der Waals surface area contributed by atoms with Crippen molar-refractivity contribution in [2.75, 3.05) is 17.7 Å². The van der Waals surface area contributed by atoms with E-state index in [2.05, 4.69) is 10.6 Å². The Morgan fingerprint density at radius 1 is 1.14 bits per heavy atom. The van der Waals surface area contributed by atoms with Crippen LogP contribution in [0.5, 0.6) is 0 Å². The van der Waals surface area contributed by atoms with Crippen molar-refractivity contribution in [1.82, 2.24) is 0 Å². The fraction of sp³-hybridized carbons (Fsp3) is 0.125. The third kappa shape index (κ3) is 3.96. The fourth-order valence-electron chi connectivity index (χ4n) is 1.92. The number of esters is 1. The maximum absolute atomic E-state index is 11.7. The number of ether oxygens (including phenoxy) is 1. The molecule has 2 aromatic carbocycles. The molecule has 2 rings (SSSR count). The number of anilines is 2. The Labute approximate surface area is 139 Å². The van der Waals surface area contributed by atoms with Gasteiger partial charge in [0.1, 0.15) is 0 Å². The summed E-state index contributed by atoms with van der Waals surface area (Å²) in [7, 11) is 1.36. The van der Waals surface area contributed by atoms with E-state index in [0.29, 0.717) is 15.7 Å². The highest BCUT2D eigenvalue weighted by molar-refractivity contribution is 7.80. The van der Waals surface area contributed by atoms with Crippen LogP contribution in [0.2, 0.25) is 5.02 Å². The molecule has 0 saturated heterocycles. The van der Waals surface area contributed by atoms with E-state index >= 15 is 0 Å². The first-order valence-corrected chi connectivity index (χ1v) is 7.31. The van der Waals surface area contributed by atoms with Crippen LogP contribution in [0.25, 0.3) is 0 Å². The zero-order valence-electron chi connectivity index (χ0n) is 12.1. The van der Waals surface area contributed by atoms with Gasteiger partial charge < -0.3 is 15.4 Å². The van der Waals surface area contributed by atoms with E-state index in [-0.39, 0.29) is 5.97 Å². The summed E-state index contributed by atoms with van der Waals surface area (Å²) in [6.45, 7) is 1.83. The van der Waals surface area contributed by atoms with Gasteiger partial charge in [-0.15, -0.1) is 0 Å². The monoisotopic (exact) mass is 334 g/mol. The molecular weight excluding hydrogens is 320 g/mol. The molecule has 0 aromatic heterocycles. The number of carbonyl (C=O) groups is 1. The molecule has 2 aromatic rings. The molecule has 2 N–H and O–H groups in total. The lowest BCUT2D eigenvalue weighted by atomic mass is 10.1. The zero-order chi connectivity index (χ0) is 16.1. The molecule has 4 nitrogen and oxygen atoms in total. The second-order valence-corrected chi connectivity index (χ2v) is 5.40. The van der Waals surface area contributed by atoms with E-state index < -0.39 is 0 Å². The van der Waals surface area contributed by atoms with Crippen molar-refractivity contribution in [1.29, 1.82) is 0 Å². The molecule has 0 amide bonds. The smallest absolute Gasteiger partial charge is 0.338 e. The minimum atomic E-state index is -0.377. The van der Waals surface area contributed by atoms with Gasteiger partial charge in [0, 0.05) is 16.4 Å². The second-order valence-electron chi connectivity index (χ2n) is 4.56. The molecule has 0 aliphatic carbocycles. The van der Waals surface area contributed by atoms with Crippen LogP contribution in [0.4, 0.5) is 11.4 Å². The normalized spacial score (nSPS) is 9.95. The Morgan fingerprint density at radius 3 is 2.45 bits per heavy atom. The summed E-state index contributed by atoms with van der Waals surface area (Å²) in [4.78, 5) is 11.7. The summed E-state index contributed by atoms with van der Waals surface area (Å²) >= 11 is 11.1. The van der Waals surface area contributed by atoms with Crippen molar-refractivity contribution in [3.8, 4) is 0 Å². The van der Waals surface area contributed by atoms with Crippen molar-refractivity contribution >= 4 is 46.3 Å². The van der Waals surface area contributed by atoms with Crippen LogP contribution in [0.15, 0.2) is 42.5 Å². The number of carbonyl (C=O) groups excluding carboxylic acids is 1. The SMILES string of the molecule is COC(=O)c1cccc(NC(=S)Nc2ccc(Cl)cc2)c1C. The molecule has 0 heterocycles. The lowest BCUT2D eigenvalue weighted by molar-refractivity contribution is 0.0600. The quantitative estimate of drug-likeness (QED) is 0.649. The average Bonchev–Trinajstić information content (AvgIpc) is 2.51. The predicted octanol–water partition coefficient (Wildman–Crippen LogP) is 4.24. The Kier molecular flexibility index (Phi) is 5.35. The average molecular weight is 335 g/mol. The third-order valence-electron chi connectivity index (χ3n) is 3.09. The summed E-state index contributed by atoms with van der Waals surface area (Å²) in [6, 6.07) is 12.5. The number of halogens is 1. The number of hydrogen-bond acceptors (Lipinski definition) is 3. The summed E-state index contributed by atoms with van der Waals surface area (Å²) < 4.78 is 4.76. The van der Waals surface area contributed by atoms with E-state index in [1.807, 2.05) is 25.1 Å². The molecule has 22 heavy (non-hydrogen) atoms. The van der Waals surface area contributed by atoms with Crippen molar-refractivity contribution in [3.05, 3.63) is 58.6 Å². The van der Waals surface area contributed by atoms with E-state index in [1.54, 1.807) is 24.3 Å². The van der Waals surface area contributed by atoms with Crippen molar-refractivity contribution in [3.63, 3.8) is 0 Å². The van der Waals surface area contributed by atoms with Crippen molar-refractivity contribution in [2.24, 2.45) is 0 Å². The molecule has 0 aliphatic heterocycles. The molecule has 0 unspecified atom stereocenters. The molecule has 0 atom stereocenters. The van der Waals surface area contributed by atoms with Gasteiger partial charge in [-0.1, -0.05) is 17.7 Å². The third-order valence-corrected chi connectivity index (χ3v) is 3.55. The molecule has 0 radical (unpaired) electrons. The Bertz CT molecular complexity index is 702. The van der Waals surface area contributed by atoms with Gasteiger partial charge in [0.25, 0.3) is 0 Å². The van der Waals surface area contributed by atoms with Gasteiger partial charge in [-0.05, 0) is 61.1 Å². The topological polar surface area (TPSA) is 50.4 Å². The lowest BCUT2D eigenvalue weighted by Crippen LogP contribution is -2.20. The highest BCUT2D eigenvalue weighted by Gasteiger charge is 2.12. The first-order chi connectivity index (χ1) is 10.5. The van der Waals surface area contributed by atoms with Gasteiger partial charge in [-0.3, -0.25) is 0 Å². The zero-order valence-corrected chi connectivity index (χ0v) is 13.7. The van der Waals surface area contributed by atoms with Crippen molar-refractivity contribution in [2.45, 2.75) is 6.92 Å². The van der Waals surface area contributed by atoms with E-state index in [9.17, 15) is 4.79 Å². The van der Waals surface area contributed by atoms with Crippen LogP contribution in [0.1, 0.15) is 15.9 Å². The summed E-state index contributed by atoms with van der Waals surface area (Å²) in [5.41, 5.74) is 2.84. The molecule has 0 bridgehead atoms. The summed E-state index contributed by atoms with van der Waals surface area (Å²) in [6.07, 6.45) is 0. The highest BCUT2D eigenvalue weighted by Crippen LogP contribution is 2.20. The highest BCUT2D eigenvalue weighted by atomic mass is 35.5. The molecule has 0 aliphatic rings. The summed E-state index contributed by atoms with van der Waals surface area (Å²) in [5, 5.41) is 7.21. The van der Waals surface area contributed by atoms with Crippen LogP contribution in [-0.2, 0) is 4.74 Å². The predicted molar refractivity (Wildman–Crippen MR) is 93.8 cm³/mol. The number of methoxy groups -OCH3 is 1. The summed E-state index contributed by atoms with van der Waals surface area (Å²) in [5.74, 6) is -0.377. The van der Waals surface area contributed by atoms with Crippen LogP contribution in [-0.4, -0.2) is 18.2 Å². The minimum absolute atomic E-state index is 0.377. The molecule has 0 saturated carbocycles. The van der Waals surface area contributed by atoms with Gasteiger partial charge >= 0.3 is 5.97 Å². The van der Waals surface area contributed by atoms with Gasteiger partial charge in [0.15, 0.2) is 5.11 Å². The minimum Gasteiger partial charge on any atom is -0.465 e. The molecular formula is C16H15ClN2O2S. The van der Waals surface area contributed by atoms with Crippen LogP contribution < -0.4 is 10.6 Å². The van der Waals surface area contributed by atoms with E-state index in [0.717, 1.165) is 16.9 Å².